The zero-order chi connectivity index (χ0) is 20.1. The molecular weight excluding hydrogens is 433 g/mol. The van der Waals surface area contributed by atoms with E-state index >= 15 is 0 Å². The highest BCUT2D eigenvalue weighted by Crippen LogP contribution is 2.32. The van der Waals surface area contributed by atoms with Gasteiger partial charge in [0.15, 0.2) is 5.65 Å². The topological polar surface area (TPSA) is 63.1 Å². The molecule has 6 nitrogen and oxygen atoms in total. The van der Waals surface area contributed by atoms with Crippen LogP contribution in [0.2, 0.25) is 0 Å². The predicted molar refractivity (Wildman–Crippen MR) is 128 cm³/mol. The van der Waals surface area contributed by atoms with Crippen LogP contribution >= 0.6 is 24.8 Å². The number of aromatic nitrogens is 3. The fraction of sp³-hybridized carbons (Fsp3) is 0.435. The van der Waals surface area contributed by atoms with Gasteiger partial charge in [-0.25, -0.2) is 4.98 Å². The van der Waals surface area contributed by atoms with Gasteiger partial charge < -0.3 is 10.2 Å². The molecule has 166 valence electrons. The van der Waals surface area contributed by atoms with Crippen molar-refractivity contribution in [2.24, 2.45) is 7.05 Å². The van der Waals surface area contributed by atoms with E-state index in [2.05, 4.69) is 10.4 Å². The molecule has 0 spiro atoms. The second-order valence-corrected chi connectivity index (χ2v) is 8.51. The van der Waals surface area contributed by atoms with Crippen LogP contribution in [0.5, 0.6) is 0 Å². The van der Waals surface area contributed by atoms with Gasteiger partial charge in [0.1, 0.15) is 0 Å². The minimum Gasteiger partial charge on any atom is -0.339 e. The third kappa shape index (κ3) is 4.16. The average molecular weight is 462 g/mol. The number of amides is 1. The minimum absolute atomic E-state index is 0. The molecule has 2 saturated heterocycles. The lowest BCUT2D eigenvalue weighted by atomic mass is 9.97. The summed E-state index contributed by atoms with van der Waals surface area (Å²) in [6.07, 6.45) is 4.51. The van der Waals surface area contributed by atoms with Crippen molar-refractivity contribution in [3.63, 3.8) is 0 Å². The molecule has 2 aliphatic rings. The number of benzene rings is 1. The molecule has 31 heavy (non-hydrogen) atoms. The van der Waals surface area contributed by atoms with E-state index in [0.29, 0.717) is 17.6 Å². The van der Waals surface area contributed by atoms with E-state index in [1.54, 1.807) is 4.68 Å². The van der Waals surface area contributed by atoms with Crippen molar-refractivity contribution < 1.29 is 4.79 Å². The number of carbonyl (C=O) groups excluding carboxylic acids is 1. The van der Waals surface area contributed by atoms with Crippen LogP contribution in [0.4, 0.5) is 0 Å². The number of hydrogen-bond acceptors (Lipinski definition) is 4. The predicted octanol–water partition coefficient (Wildman–Crippen LogP) is 4.14. The molecular formula is C23H29Cl2N5O. The number of carbonyl (C=O) groups is 1. The van der Waals surface area contributed by atoms with Crippen LogP contribution in [0.1, 0.15) is 41.7 Å². The van der Waals surface area contributed by atoms with Crippen molar-refractivity contribution >= 4 is 41.8 Å². The van der Waals surface area contributed by atoms with E-state index in [9.17, 15) is 4.79 Å². The Morgan fingerprint density at radius 3 is 2.42 bits per heavy atom. The number of nitrogens with zero attached hydrogens (tertiary/aromatic N) is 4. The standard InChI is InChI=1S/C23H27N5O.2ClH/c1-14-21-19(23(29)27(2)18-11-16-9-10-17(12-18)24-16)13-20(15-7-5-4-6-8-15)25-22(21)28(3)26-14;;/h4-8,13,16-18,24H,9-12H2,1-3H3;2*1H. The third-order valence-corrected chi connectivity index (χ3v) is 6.58. The molecule has 2 aromatic heterocycles. The first kappa shape index (κ1) is 23.5. The van der Waals surface area contributed by atoms with E-state index in [1.165, 1.54) is 12.8 Å². The van der Waals surface area contributed by atoms with Gasteiger partial charge in [0.2, 0.25) is 0 Å². The molecule has 2 atom stereocenters. The monoisotopic (exact) mass is 461 g/mol. The molecule has 1 aromatic carbocycles. The molecule has 4 heterocycles. The van der Waals surface area contributed by atoms with Gasteiger partial charge in [0.05, 0.1) is 22.3 Å². The molecule has 1 amide bonds. The second-order valence-electron chi connectivity index (χ2n) is 8.51. The van der Waals surface area contributed by atoms with Crippen molar-refractivity contribution in [1.29, 1.82) is 0 Å². The third-order valence-electron chi connectivity index (χ3n) is 6.58. The van der Waals surface area contributed by atoms with E-state index < -0.39 is 0 Å². The summed E-state index contributed by atoms with van der Waals surface area (Å²) in [4.78, 5) is 20.5. The number of hydrogen-bond donors (Lipinski definition) is 1. The molecule has 0 saturated carbocycles. The number of nitrogens with one attached hydrogen (secondary N) is 1. The van der Waals surface area contributed by atoms with Gasteiger partial charge in [-0.05, 0) is 38.7 Å². The summed E-state index contributed by atoms with van der Waals surface area (Å²) < 4.78 is 1.78. The Morgan fingerprint density at radius 1 is 1.13 bits per heavy atom. The van der Waals surface area contributed by atoms with Crippen LogP contribution in [0, 0.1) is 6.92 Å². The Hall–Kier alpha value is -2.15. The van der Waals surface area contributed by atoms with Crippen molar-refractivity contribution in [3.8, 4) is 11.3 Å². The molecule has 1 N–H and O–H groups in total. The van der Waals surface area contributed by atoms with Gasteiger partial charge >= 0.3 is 0 Å². The minimum atomic E-state index is 0. The van der Waals surface area contributed by atoms with Crippen LogP contribution in [-0.2, 0) is 7.05 Å². The Morgan fingerprint density at radius 2 is 1.77 bits per heavy atom. The van der Waals surface area contributed by atoms with Gasteiger partial charge in [0, 0.05) is 37.8 Å². The van der Waals surface area contributed by atoms with Crippen molar-refractivity contribution in [1.82, 2.24) is 25.0 Å². The number of halogens is 2. The molecule has 3 aromatic rings. The summed E-state index contributed by atoms with van der Waals surface area (Å²) in [6.45, 7) is 1.95. The van der Waals surface area contributed by atoms with E-state index in [-0.39, 0.29) is 36.8 Å². The van der Waals surface area contributed by atoms with E-state index in [4.69, 9.17) is 4.98 Å². The maximum atomic E-state index is 13.7. The fourth-order valence-electron chi connectivity index (χ4n) is 5.07. The van der Waals surface area contributed by atoms with Gasteiger partial charge in [-0.3, -0.25) is 9.48 Å². The average Bonchev–Trinajstić information content (AvgIpc) is 3.24. The SMILES string of the molecule is Cc1nn(C)c2nc(-c3ccccc3)cc(C(=O)N(C)C3CC4CCC(C3)N4)c12.Cl.Cl. The van der Waals surface area contributed by atoms with Gasteiger partial charge in [-0.1, -0.05) is 30.3 Å². The van der Waals surface area contributed by atoms with Crippen molar-refractivity contribution in [3.05, 3.63) is 47.7 Å². The van der Waals surface area contributed by atoms with Crippen molar-refractivity contribution in [2.45, 2.75) is 50.7 Å². The smallest absolute Gasteiger partial charge is 0.254 e. The molecule has 0 radical (unpaired) electrons. The number of fused-ring (bicyclic) bond motifs is 3. The lowest BCUT2D eigenvalue weighted by Crippen LogP contribution is -2.48. The molecule has 2 unspecified atom stereocenters. The summed E-state index contributed by atoms with van der Waals surface area (Å²) in [7, 11) is 3.84. The normalized spacial score (nSPS) is 22.0. The fourth-order valence-corrected chi connectivity index (χ4v) is 5.07. The van der Waals surface area contributed by atoms with Crippen molar-refractivity contribution in [2.75, 3.05) is 7.05 Å². The van der Waals surface area contributed by atoms with Crippen LogP contribution in [0.3, 0.4) is 0 Å². The Kier molecular flexibility index (Phi) is 6.94. The lowest BCUT2D eigenvalue weighted by molar-refractivity contribution is 0.0683. The number of pyridine rings is 1. The highest BCUT2D eigenvalue weighted by Gasteiger charge is 2.37. The summed E-state index contributed by atoms with van der Waals surface area (Å²) in [5.41, 5.74) is 4.11. The molecule has 2 aliphatic heterocycles. The van der Waals surface area contributed by atoms with E-state index in [0.717, 1.165) is 40.8 Å². The van der Waals surface area contributed by atoms with Gasteiger partial charge in [-0.2, -0.15) is 5.10 Å². The molecule has 0 aliphatic carbocycles. The van der Waals surface area contributed by atoms with E-state index in [1.807, 2.05) is 62.3 Å². The van der Waals surface area contributed by atoms with Gasteiger partial charge in [0.25, 0.3) is 5.91 Å². The molecule has 2 bridgehead atoms. The molecule has 5 rings (SSSR count). The number of rotatable bonds is 3. The number of aryl methyl sites for hydroxylation is 2. The first-order valence-electron chi connectivity index (χ1n) is 10.4. The first-order valence-corrected chi connectivity index (χ1v) is 10.4. The largest absolute Gasteiger partial charge is 0.339 e. The Labute approximate surface area is 195 Å². The molecule has 2 fully saturated rings. The zero-order valence-corrected chi connectivity index (χ0v) is 19.7. The van der Waals surface area contributed by atoms with Crippen LogP contribution in [0.15, 0.2) is 36.4 Å². The quantitative estimate of drug-likeness (QED) is 0.636. The summed E-state index contributed by atoms with van der Waals surface area (Å²) in [5, 5.41) is 9.07. The Bertz CT molecular complexity index is 1070. The molecule has 8 heteroatoms. The lowest BCUT2D eigenvalue weighted by Gasteiger charge is -2.35. The second kappa shape index (κ2) is 9.15. The number of piperidine rings is 1. The first-order chi connectivity index (χ1) is 14.0. The highest BCUT2D eigenvalue weighted by molar-refractivity contribution is 6.07. The summed E-state index contributed by atoms with van der Waals surface area (Å²) in [5.74, 6) is 0.0666. The highest BCUT2D eigenvalue weighted by atomic mass is 35.5. The van der Waals surface area contributed by atoms with Crippen LogP contribution < -0.4 is 5.32 Å². The van der Waals surface area contributed by atoms with Gasteiger partial charge in [-0.15, -0.1) is 24.8 Å². The Balaban J connectivity index is 0.00000136. The maximum absolute atomic E-state index is 13.7. The summed E-state index contributed by atoms with van der Waals surface area (Å²) in [6, 6.07) is 13.4. The maximum Gasteiger partial charge on any atom is 0.254 e. The summed E-state index contributed by atoms with van der Waals surface area (Å²) >= 11 is 0. The zero-order valence-electron chi connectivity index (χ0n) is 18.0. The van der Waals surface area contributed by atoms with Crippen LogP contribution in [0.25, 0.3) is 22.3 Å². The van der Waals surface area contributed by atoms with Crippen LogP contribution in [-0.4, -0.2) is 50.7 Å².